The van der Waals surface area contributed by atoms with Crippen LogP contribution in [0.25, 0.3) is 0 Å². The van der Waals surface area contributed by atoms with Gasteiger partial charge in [0.2, 0.25) is 10.0 Å². The van der Waals surface area contributed by atoms with Crippen molar-refractivity contribution in [3.63, 3.8) is 0 Å². The highest BCUT2D eigenvalue weighted by atomic mass is 32.2. The summed E-state index contributed by atoms with van der Waals surface area (Å²) in [5, 5.41) is 5.31. The molecule has 0 saturated carbocycles. The molecule has 1 unspecified atom stereocenters. The summed E-state index contributed by atoms with van der Waals surface area (Å²) in [6, 6.07) is 5.82. The van der Waals surface area contributed by atoms with Crippen molar-refractivity contribution in [2.24, 2.45) is 5.14 Å². The number of benzene rings is 1. The Hall–Kier alpha value is -0.910. The molecule has 4 nitrogen and oxygen atoms in total. The molecule has 1 saturated heterocycles. The third-order valence-electron chi connectivity index (χ3n) is 3.88. The van der Waals surface area contributed by atoms with Gasteiger partial charge in [-0.3, -0.25) is 0 Å². The van der Waals surface area contributed by atoms with Crippen LogP contribution in [-0.4, -0.2) is 32.4 Å². The van der Waals surface area contributed by atoms with Crippen molar-refractivity contribution >= 4 is 10.0 Å². The lowest BCUT2D eigenvalue weighted by atomic mass is 10.0. The molecule has 0 spiro atoms. The summed E-state index contributed by atoms with van der Waals surface area (Å²) in [6.07, 6.45) is 3.09. The lowest BCUT2D eigenvalue weighted by molar-refractivity contribution is 0.265. The summed E-state index contributed by atoms with van der Waals surface area (Å²) >= 11 is 0. The fraction of sp³-hybridized carbons (Fsp3) is 0.571. The van der Waals surface area contributed by atoms with E-state index in [9.17, 15) is 8.42 Å². The number of rotatable bonds is 4. The standard InChI is InChI=1S/C14H22N2O2S/c1-3-16-8-4-5-13(16)10-12-9-11(2)6-7-14(12)19(15,17)18/h6-7,9,13H,3-5,8,10H2,1-2H3,(H2,15,17,18). The van der Waals surface area contributed by atoms with Gasteiger partial charge in [0, 0.05) is 6.04 Å². The van der Waals surface area contributed by atoms with Crippen molar-refractivity contribution < 1.29 is 8.42 Å². The van der Waals surface area contributed by atoms with Crippen LogP contribution < -0.4 is 5.14 Å². The van der Waals surface area contributed by atoms with E-state index in [1.54, 1.807) is 12.1 Å². The van der Waals surface area contributed by atoms with Crippen molar-refractivity contribution in [1.29, 1.82) is 0 Å². The smallest absolute Gasteiger partial charge is 0.238 e. The van der Waals surface area contributed by atoms with E-state index >= 15 is 0 Å². The minimum atomic E-state index is -3.63. The minimum absolute atomic E-state index is 0.279. The zero-order valence-corrected chi connectivity index (χ0v) is 12.4. The Labute approximate surface area is 115 Å². The summed E-state index contributed by atoms with van der Waals surface area (Å²) in [5.41, 5.74) is 1.93. The molecule has 1 atom stereocenters. The second kappa shape index (κ2) is 5.61. The molecule has 1 aliphatic heterocycles. The van der Waals surface area contributed by atoms with E-state index in [0.29, 0.717) is 6.04 Å². The topological polar surface area (TPSA) is 63.4 Å². The summed E-state index contributed by atoms with van der Waals surface area (Å²) in [4.78, 5) is 2.69. The molecule has 0 aromatic heterocycles. The minimum Gasteiger partial charge on any atom is -0.300 e. The maximum atomic E-state index is 11.7. The second-order valence-electron chi connectivity index (χ2n) is 5.28. The number of hydrogen-bond donors (Lipinski definition) is 1. The third kappa shape index (κ3) is 3.35. The van der Waals surface area contributed by atoms with Gasteiger partial charge in [-0.15, -0.1) is 0 Å². The van der Waals surface area contributed by atoms with Gasteiger partial charge in [-0.1, -0.05) is 24.6 Å². The molecule has 2 rings (SSSR count). The van der Waals surface area contributed by atoms with Crippen molar-refractivity contribution in [2.45, 2.75) is 44.0 Å². The molecule has 5 heteroatoms. The van der Waals surface area contributed by atoms with Crippen LogP contribution in [-0.2, 0) is 16.4 Å². The number of likely N-dealkylation sites (N-methyl/N-ethyl adjacent to an activating group) is 1. The Kier molecular flexibility index (Phi) is 4.28. The van der Waals surface area contributed by atoms with Gasteiger partial charge in [-0.25, -0.2) is 13.6 Å². The van der Waals surface area contributed by atoms with Crippen LogP contribution in [0.3, 0.4) is 0 Å². The maximum Gasteiger partial charge on any atom is 0.238 e. The highest BCUT2D eigenvalue weighted by molar-refractivity contribution is 7.89. The molecule has 19 heavy (non-hydrogen) atoms. The molecule has 1 heterocycles. The molecule has 0 amide bonds. The van der Waals surface area contributed by atoms with Crippen LogP contribution in [0.2, 0.25) is 0 Å². The molecule has 1 aromatic carbocycles. The Morgan fingerprint density at radius 2 is 2.16 bits per heavy atom. The average molecular weight is 282 g/mol. The van der Waals surface area contributed by atoms with E-state index in [2.05, 4.69) is 11.8 Å². The van der Waals surface area contributed by atoms with Crippen LogP contribution in [0, 0.1) is 6.92 Å². The number of hydrogen-bond acceptors (Lipinski definition) is 3. The highest BCUT2D eigenvalue weighted by Crippen LogP contribution is 2.24. The first kappa shape index (κ1) is 14.5. The van der Waals surface area contributed by atoms with E-state index in [4.69, 9.17) is 5.14 Å². The Morgan fingerprint density at radius 3 is 2.79 bits per heavy atom. The summed E-state index contributed by atoms with van der Waals surface area (Å²) < 4.78 is 23.3. The molecule has 2 N–H and O–H groups in total. The lowest BCUT2D eigenvalue weighted by Crippen LogP contribution is -2.31. The van der Waals surface area contributed by atoms with E-state index in [-0.39, 0.29) is 4.90 Å². The highest BCUT2D eigenvalue weighted by Gasteiger charge is 2.25. The van der Waals surface area contributed by atoms with Crippen LogP contribution in [0.4, 0.5) is 0 Å². The van der Waals surface area contributed by atoms with E-state index < -0.39 is 10.0 Å². The second-order valence-corrected chi connectivity index (χ2v) is 6.81. The van der Waals surface area contributed by atoms with Gasteiger partial charge >= 0.3 is 0 Å². The van der Waals surface area contributed by atoms with Crippen molar-refractivity contribution in [1.82, 2.24) is 4.90 Å². The van der Waals surface area contributed by atoms with E-state index in [1.165, 1.54) is 6.42 Å². The number of sulfonamides is 1. The van der Waals surface area contributed by atoms with Crippen molar-refractivity contribution in [3.05, 3.63) is 29.3 Å². The van der Waals surface area contributed by atoms with Gasteiger partial charge in [0.05, 0.1) is 4.90 Å². The summed E-state index contributed by atoms with van der Waals surface area (Å²) in [5.74, 6) is 0. The zero-order valence-electron chi connectivity index (χ0n) is 11.6. The maximum absolute atomic E-state index is 11.7. The number of primary sulfonamides is 1. The SMILES string of the molecule is CCN1CCCC1Cc1cc(C)ccc1S(N)(=O)=O. The predicted molar refractivity (Wildman–Crippen MR) is 76.5 cm³/mol. The molecule has 106 valence electrons. The van der Waals surface area contributed by atoms with Gasteiger partial charge in [0.1, 0.15) is 0 Å². The molecule has 0 aliphatic carbocycles. The van der Waals surface area contributed by atoms with Gasteiger partial charge in [-0.2, -0.15) is 0 Å². The monoisotopic (exact) mass is 282 g/mol. The van der Waals surface area contributed by atoms with Gasteiger partial charge in [0.15, 0.2) is 0 Å². The van der Waals surface area contributed by atoms with Crippen LogP contribution in [0.1, 0.15) is 30.9 Å². The molecular weight excluding hydrogens is 260 g/mol. The molecule has 0 bridgehead atoms. The number of nitrogens with zero attached hydrogens (tertiary/aromatic N) is 1. The fourth-order valence-electron chi connectivity index (χ4n) is 2.94. The Balaban J connectivity index is 2.31. The first-order valence-corrected chi connectivity index (χ1v) is 8.33. The first-order valence-electron chi connectivity index (χ1n) is 6.78. The van der Waals surface area contributed by atoms with Gasteiger partial charge in [0.25, 0.3) is 0 Å². The summed E-state index contributed by atoms with van der Waals surface area (Å²) in [7, 11) is -3.63. The van der Waals surface area contributed by atoms with Crippen molar-refractivity contribution in [2.75, 3.05) is 13.1 Å². The molecule has 1 aliphatic rings. The Morgan fingerprint density at radius 1 is 1.42 bits per heavy atom. The average Bonchev–Trinajstić information content (AvgIpc) is 2.74. The largest absolute Gasteiger partial charge is 0.300 e. The molecule has 0 radical (unpaired) electrons. The van der Waals surface area contributed by atoms with E-state index in [1.807, 2.05) is 13.0 Å². The number of aryl methyl sites for hydroxylation is 1. The van der Waals surface area contributed by atoms with Crippen LogP contribution in [0.15, 0.2) is 23.1 Å². The zero-order chi connectivity index (χ0) is 14.0. The van der Waals surface area contributed by atoms with Gasteiger partial charge < -0.3 is 4.90 Å². The van der Waals surface area contributed by atoms with Crippen LogP contribution in [0.5, 0.6) is 0 Å². The number of likely N-dealkylation sites (tertiary alicyclic amines) is 1. The predicted octanol–water partition coefficient (Wildman–Crippen LogP) is 1.67. The third-order valence-corrected chi connectivity index (χ3v) is 4.89. The van der Waals surface area contributed by atoms with Crippen LogP contribution >= 0.6 is 0 Å². The molecular formula is C14H22N2O2S. The van der Waals surface area contributed by atoms with Crippen molar-refractivity contribution in [3.8, 4) is 0 Å². The first-order chi connectivity index (χ1) is 8.91. The quantitative estimate of drug-likeness (QED) is 0.913. The fourth-order valence-corrected chi connectivity index (χ4v) is 3.71. The molecule has 1 aromatic rings. The van der Waals surface area contributed by atoms with Gasteiger partial charge in [-0.05, 0) is 50.9 Å². The summed E-state index contributed by atoms with van der Waals surface area (Å²) in [6.45, 7) is 6.25. The lowest BCUT2D eigenvalue weighted by Gasteiger charge is -2.23. The normalized spacial score (nSPS) is 20.9. The van der Waals surface area contributed by atoms with E-state index in [0.717, 1.165) is 37.1 Å². The molecule has 1 fully saturated rings. The Bertz CT molecular complexity index is 555. The number of nitrogens with two attached hydrogens (primary N) is 1.